The van der Waals surface area contributed by atoms with E-state index in [4.69, 9.17) is 17.3 Å². The number of aromatic nitrogens is 1. The van der Waals surface area contributed by atoms with Gasteiger partial charge in [-0.1, -0.05) is 26.8 Å². The number of benzene rings is 1. The Labute approximate surface area is 142 Å². The number of anilines is 2. The minimum atomic E-state index is 0.0974. The van der Waals surface area contributed by atoms with Crippen LogP contribution in [0, 0.1) is 5.41 Å². The zero-order valence-corrected chi connectivity index (χ0v) is 15.3. The molecule has 0 fully saturated rings. The normalized spacial score (nSPS) is 12.7. The van der Waals surface area contributed by atoms with Crippen molar-refractivity contribution in [1.82, 2.24) is 4.98 Å². The number of alkyl halides is 1. The number of nitrogens with one attached hydrogen (secondary N) is 2. The fourth-order valence-corrected chi connectivity index (χ4v) is 2.67. The van der Waals surface area contributed by atoms with Crippen molar-refractivity contribution in [3.05, 3.63) is 23.8 Å². The number of nitrogens with zero attached hydrogens (tertiary/aromatic N) is 2. The number of aromatic amines is 1. The van der Waals surface area contributed by atoms with Crippen LogP contribution in [0.25, 0.3) is 10.9 Å². The summed E-state index contributed by atoms with van der Waals surface area (Å²) in [6.45, 7) is 7.03. The number of nitrogens with two attached hydrogens (primary N) is 1. The van der Waals surface area contributed by atoms with Crippen molar-refractivity contribution in [1.29, 1.82) is 0 Å². The Balaban J connectivity index is 2.40. The highest BCUT2D eigenvalue weighted by Crippen LogP contribution is 2.34. The summed E-state index contributed by atoms with van der Waals surface area (Å²) in [7, 11) is 4.04. The Morgan fingerprint density at radius 2 is 2.04 bits per heavy atom. The lowest BCUT2D eigenvalue weighted by Crippen LogP contribution is -2.25. The van der Waals surface area contributed by atoms with Crippen LogP contribution in [0.5, 0.6) is 0 Å². The molecule has 0 bridgehead atoms. The lowest BCUT2D eigenvalue weighted by molar-refractivity contribution is 0.429. The average molecular weight is 336 g/mol. The molecular weight excluding hydrogens is 310 g/mol. The second-order valence-corrected chi connectivity index (χ2v) is 7.36. The SMILES string of the molecule is CN(C)c1cccc2[nH]c(NC(N)=NCC(C)(C)C)c(CCl)c12. The van der Waals surface area contributed by atoms with Gasteiger partial charge < -0.3 is 20.9 Å². The van der Waals surface area contributed by atoms with Gasteiger partial charge in [-0.25, -0.2) is 0 Å². The fourth-order valence-electron chi connectivity index (χ4n) is 2.40. The molecule has 0 saturated carbocycles. The summed E-state index contributed by atoms with van der Waals surface area (Å²) >= 11 is 6.20. The van der Waals surface area contributed by atoms with E-state index in [2.05, 4.69) is 47.0 Å². The summed E-state index contributed by atoms with van der Waals surface area (Å²) < 4.78 is 0. The highest BCUT2D eigenvalue weighted by Gasteiger charge is 2.16. The van der Waals surface area contributed by atoms with E-state index in [1.54, 1.807) is 0 Å². The first-order valence-corrected chi connectivity index (χ1v) is 8.20. The molecule has 0 amide bonds. The van der Waals surface area contributed by atoms with Crippen molar-refractivity contribution in [3.63, 3.8) is 0 Å². The summed E-state index contributed by atoms with van der Waals surface area (Å²) in [4.78, 5) is 9.84. The number of hydrogen-bond acceptors (Lipinski definition) is 2. The molecule has 0 atom stereocenters. The van der Waals surface area contributed by atoms with Gasteiger partial charge in [-0.3, -0.25) is 4.99 Å². The second kappa shape index (κ2) is 6.71. The number of fused-ring (bicyclic) bond motifs is 1. The van der Waals surface area contributed by atoms with E-state index >= 15 is 0 Å². The van der Waals surface area contributed by atoms with E-state index in [1.165, 1.54) is 0 Å². The maximum Gasteiger partial charge on any atom is 0.194 e. The molecule has 0 saturated heterocycles. The highest BCUT2D eigenvalue weighted by atomic mass is 35.5. The molecule has 2 rings (SSSR count). The van der Waals surface area contributed by atoms with Gasteiger partial charge in [-0.2, -0.15) is 0 Å². The second-order valence-electron chi connectivity index (χ2n) is 7.09. The lowest BCUT2D eigenvalue weighted by atomic mass is 9.97. The molecule has 0 spiro atoms. The number of halogens is 1. The predicted molar refractivity (Wildman–Crippen MR) is 102 cm³/mol. The molecule has 2 aromatic rings. The van der Waals surface area contributed by atoms with E-state index in [1.807, 2.05) is 26.2 Å². The van der Waals surface area contributed by atoms with E-state index in [0.29, 0.717) is 18.4 Å². The smallest absolute Gasteiger partial charge is 0.194 e. The van der Waals surface area contributed by atoms with Gasteiger partial charge in [0.25, 0.3) is 0 Å². The van der Waals surface area contributed by atoms with Crippen LogP contribution in [0.4, 0.5) is 11.5 Å². The maximum atomic E-state index is 6.20. The molecule has 0 aliphatic heterocycles. The van der Waals surface area contributed by atoms with Gasteiger partial charge in [0.05, 0.1) is 5.88 Å². The largest absolute Gasteiger partial charge is 0.377 e. The van der Waals surface area contributed by atoms with Crippen LogP contribution >= 0.6 is 11.6 Å². The number of H-pyrrole nitrogens is 1. The van der Waals surface area contributed by atoms with Crippen molar-refractivity contribution in [2.45, 2.75) is 26.7 Å². The van der Waals surface area contributed by atoms with Crippen LogP contribution in [0.15, 0.2) is 23.2 Å². The van der Waals surface area contributed by atoms with E-state index in [-0.39, 0.29) is 5.41 Å². The average Bonchev–Trinajstić information content (AvgIpc) is 2.81. The molecule has 1 aromatic carbocycles. The first kappa shape index (κ1) is 17.5. The topological polar surface area (TPSA) is 69.4 Å². The van der Waals surface area contributed by atoms with Crippen LogP contribution < -0.4 is 16.0 Å². The molecule has 126 valence electrons. The first-order valence-electron chi connectivity index (χ1n) is 7.66. The monoisotopic (exact) mass is 335 g/mol. The summed E-state index contributed by atoms with van der Waals surface area (Å²) in [5.41, 5.74) is 9.26. The van der Waals surface area contributed by atoms with Crippen molar-refractivity contribution < 1.29 is 0 Å². The van der Waals surface area contributed by atoms with Crippen molar-refractivity contribution >= 4 is 40.0 Å². The number of hydrogen-bond donors (Lipinski definition) is 3. The zero-order valence-electron chi connectivity index (χ0n) is 14.5. The van der Waals surface area contributed by atoms with Gasteiger partial charge in [-0.05, 0) is 17.5 Å². The molecule has 23 heavy (non-hydrogen) atoms. The van der Waals surface area contributed by atoms with Gasteiger partial charge in [0.2, 0.25) is 0 Å². The summed E-state index contributed by atoms with van der Waals surface area (Å²) in [6, 6.07) is 6.13. The third kappa shape index (κ3) is 4.10. The highest BCUT2D eigenvalue weighted by molar-refractivity contribution is 6.19. The molecular formula is C17H26ClN5. The van der Waals surface area contributed by atoms with Gasteiger partial charge in [0.1, 0.15) is 5.82 Å². The Morgan fingerprint density at radius 3 is 2.61 bits per heavy atom. The minimum Gasteiger partial charge on any atom is -0.377 e. The van der Waals surface area contributed by atoms with Gasteiger partial charge in [-0.15, -0.1) is 11.6 Å². The van der Waals surface area contributed by atoms with Gasteiger partial charge >= 0.3 is 0 Å². The third-order valence-electron chi connectivity index (χ3n) is 3.50. The Kier molecular flexibility index (Phi) is 5.09. The predicted octanol–water partition coefficient (Wildman–Crippen LogP) is 3.75. The van der Waals surface area contributed by atoms with E-state index in [0.717, 1.165) is 28.0 Å². The molecule has 0 aliphatic rings. The van der Waals surface area contributed by atoms with Crippen molar-refractivity contribution in [2.75, 3.05) is 30.9 Å². The molecule has 5 nitrogen and oxygen atoms in total. The Morgan fingerprint density at radius 1 is 1.35 bits per heavy atom. The van der Waals surface area contributed by atoms with Gasteiger partial charge in [0.15, 0.2) is 5.96 Å². The van der Waals surface area contributed by atoms with E-state index in [9.17, 15) is 0 Å². The summed E-state index contributed by atoms with van der Waals surface area (Å²) in [5.74, 6) is 1.59. The number of rotatable bonds is 4. The van der Waals surface area contributed by atoms with Crippen LogP contribution in [-0.2, 0) is 5.88 Å². The summed E-state index contributed by atoms with van der Waals surface area (Å²) in [5, 5.41) is 4.27. The molecule has 4 N–H and O–H groups in total. The molecule has 1 heterocycles. The maximum absolute atomic E-state index is 6.20. The van der Waals surface area contributed by atoms with Crippen LogP contribution in [-0.4, -0.2) is 31.6 Å². The van der Waals surface area contributed by atoms with Crippen LogP contribution in [0.2, 0.25) is 0 Å². The van der Waals surface area contributed by atoms with Crippen LogP contribution in [0.3, 0.4) is 0 Å². The molecule has 1 aromatic heterocycles. The zero-order chi connectivity index (χ0) is 17.2. The molecule has 0 aliphatic carbocycles. The molecule has 0 radical (unpaired) electrons. The first-order chi connectivity index (χ1) is 10.7. The Hall–Kier alpha value is -1.88. The number of guanidine groups is 1. The third-order valence-corrected chi connectivity index (χ3v) is 3.77. The van der Waals surface area contributed by atoms with E-state index < -0.39 is 0 Å². The van der Waals surface area contributed by atoms with Crippen molar-refractivity contribution in [3.8, 4) is 0 Å². The van der Waals surface area contributed by atoms with Gasteiger partial charge in [0, 0.05) is 42.8 Å². The molecule has 0 unspecified atom stereocenters. The van der Waals surface area contributed by atoms with Crippen molar-refractivity contribution in [2.24, 2.45) is 16.1 Å². The van der Waals surface area contributed by atoms with Crippen LogP contribution in [0.1, 0.15) is 26.3 Å². The summed E-state index contributed by atoms with van der Waals surface area (Å²) in [6.07, 6.45) is 0. The number of aliphatic imine (C=N–C) groups is 1. The quantitative estimate of drug-likeness (QED) is 0.453. The lowest BCUT2D eigenvalue weighted by Gasteiger charge is -2.15. The standard InChI is InChI=1S/C17H26ClN5/c1-17(2,3)10-20-16(19)22-15-11(9-18)14-12(21-15)7-6-8-13(14)23(4)5/h6-8,21H,9-10H2,1-5H3,(H3,19,20,22). The molecule has 6 heteroatoms. The fraction of sp³-hybridized carbons (Fsp3) is 0.471. The Bertz CT molecular complexity index is 710. The minimum absolute atomic E-state index is 0.0974.